The molecule has 0 radical (unpaired) electrons. The fourth-order valence-corrected chi connectivity index (χ4v) is 4.59. The zero-order valence-corrected chi connectivity index (χ0v) is 15.0. The Morgan fingerprint density at radius 1 is 1.20 bits per heavy atom. The van der Waals surface area contributed by atoms with Gasteiger partial charge in [0.2, 0.25) is 0 Å². The summed E-state index contributed by atoms with van der Waals surface area (Å²) in [7, 11) is 0. The number of hydrogen-bond acceptors (Lipinski definition) is 3. The third kappa shape index (κ3) is 2.60. The second-order valence-corrected chi connectivity index (χ2v) is 7.42. The number of fused-ring (bicyclic) bond motifs is 3. The van der Waals surface area contributed by atoms with Crippen LogP contribution in [0, 0.1) is 23.0 Å². The molecule has 25 heavy (non-hydrogen) atoms. The lowest BCUT2D eigenvalue weighted by Gasteiger charge is -2.38. The van der Waals surface area contributed by atoms with E-state index in [0.717, 1.165) is 23.2 Å². The smallest absolute Gasteiger partial charge is 0.274 e. The Bertz CT molecular complexity index is 911. The maximum atomic E-state index is 11.3. The van der Waals surface area contributed by atoms with Crippen molar-refractivity contribution in [1.29, 1.82) is 0 Å². The molecule has 128 valence electrons. The van der Waals surface area contributed by atoms with Gasteiger partial charge in [-0.25, -0.2) is 0 Å². The van der Waals surface area contributed by atoms with Crippen LogP contribution >= 0.6 is 23.2 Å². The summed E-state index contributed by atoms with van der Waals surface area (Å²) in [6, 6.07) is 8.98. The lowest BCUT2D eigenvalue weighted by Crippen LogP contribution is -2.30. The van der Waals surface area contributed by atoms with Crippen LogP contribution in [0.2, 0.25) is 10.0 Å². The number of nitro groups is 1. The van der Waals surface area contributed by atoms with Crippen LogP contribution in [-0.4, -0.2) is 4.92 Å². The molecule has 1 N–H and O–H groups in total. The maximum Gasteiger partial charge on any atom is 0.274 e. The number of allylic oxidation sites excluding steroid dienone is 2. The number of rotatable bonds is 2. The highest BCUT2D eigenvalue weighted by Gasteiger charge is 2.40. The van der Waals surface area contributed by atoms with E-state index in [0.29, 0.717) is 21.5 Å². The number of anilines is 1. The van der Waals surface area contributed by atoms with Crippen LogP contribution in [0.5, 0.6) is 0 Å². The van der Waals surface area contributed by atoms with Gasteiger partial charge in [-0.05, 0) is 48.6 Å². The zero-order valence-electron chi connectivity index (χ0n) is 13.5. The van der Waals surface area contributed by atoms with E-state index in [9.17, 15) is 10.1 Å². The number of benzene rings is 2. The Morgan fingerprint density at radius 2 is 1.96 bits per heavy atom. The van der Waals surface area contributed by atoms with Crippen molar-refractivity contribution in [3.05, 3.63) is 79.3 Å². The molecule has 0 spiro atoms. The predicted octanol–water partition coefficient (Wildman–Crippen LogP) is 6.04. The van der Waals surface area contributed by atoms with E-state index >= 15 is 0 Å². The molecule has 3 atom stereocenters. The Hall–Kier alpha value is -2.04. The lowest BCUT2D eigenvalue weighted by atomic mass is 9.76. The first-order valence-corrected chi connectivity index (χ1v) is 8.89. The summed E-state index contributed by atoms with van der Waals surface area (Å²) in [5.74, 6) is 0.555. The Kier molecular flexibility index (Phi) is 3.97. The van der Waals surface area contributed by atoms with E-state index in [1.54, 1.807) is 19.1 Å². The highest BCUT2D eigenvalue weighted by molar-refractivity contribution is 6.35. The van der Waals surface area contributed by atoms with E-state index < -0.39 is 0 Å². The summed E-state index contributed by atoms with van der Waals surface area (Å²) in [5, 5.41) is 16.1. The SMILES string of the molecule is Cc1c([N+](=O)[O-])ccc2c1NC(c1ccc(Cl)cc1Cl)C1CC=CC21. The highest BCUT2D eigenvalue weighted by Crippen LogP contribution is 2.52. The lowest BCUT2D eigenvalue weighted by molar-refractivity contribution is -0.385. The van der Waals surface area contributed by atoms with Gasteiger partial charge in [-0.15, -0.1) is 0 Å². The minimum absolute atomic E-state index is 0.0158. The number of nitrogens with zero attached hydrogens (tertiary/aromatic N) is 1. The number of nitrogens with one attached hydrogen (secondary N) is 1. The van der Waals surface area contributed by atoms with Crippen molar-refractivity contribution >= 4 is 34.6 Å². The summed E-state index contributed by atoms with van der Waals surface area (Å²) in [6.45, 7) is 1.80. The number of halogens is 2. The molecule has 6 heteroatoms. The molecule has 1 aliphatic heterocycles. The third-order valence-corrected chi connectivity index (χ3v) is 5.83. The minimum Gasteiger partial charge on any atom is -0.377 e. The van der Waals surface area contributed by atoms with Crippen molar-refractivity contribution in [2.75, 3.05) is 5.32 Å². The Morgan fingerprint density at radius 3 is 2.68 bits per heavy atom. The molecule has 0 aromatic heterocycles. The van der Waals surface area contributed by atoms with Gasteiger partial charge in [0, 0.05) is 27.7 Å². The van der Waals surface area contributed by atoms with E-state index in [-0.39, 0.29) is 22.6 Å². The summed E-state index contributed by atoms with van der Waals surface area (Å²) in [4.78, 5) is 11.0. The largest absolute Gasteiger partial charge is 0.377 e. The van der Waals surface area contributed by atoms with E-state index in [4.69, 9.17) is 23.2 Å². The van der Waals surface area contributed by atoms with Gasteiger partial charge >= 0.3 is 0 Å². The standard InChI is InChI=1S/C19H16Cl2N2O2/c1-10-17(23(24)25)8-7-14-12-3-2-4-13(12)19(22-18(10)14)15-6-5-11(20)9-16(15)21/h2-3,5-9,12-13,19,22H,4H2,1H3. The van der Waals surface area contributed by atoms with Gasteiger partial charge in [0.25, 0.3) is 5.69 Å². The normalized spacial score (nSPS) is 23.7. The molecule has 0 amide bonds. The molecular formula is C19H16Cl2N2O2. The van der Waals surface area contributed by atoms with Crippen LogP contribution in [0.25, 0.3) is 0 Å². The minimum atomic E-state index is -0.335. The molecule has 4 nitrogen and oxygen atoms in total. The van der Waals surface area contributed by atoms with Crippen LogP contribution in [0.15, 0.2) is 42.5 Å². The van der Waals surface area contributed by atoms with Crippen molar-refractivity contribution in [3.8, 4) is 0 Å². The van der Waals surface area contributed by atoms with Gasteiger partial charge in [-0.2, -0.15) is 0 Å². The monoisotopic (exact) mass is 374 g/mol. The Balaban J connectivity index is 1.86. The molecule has 0 saturated carbocycles. The van der Waals surface area contributed by atoms with E-state index in [1.807, 2.05) is 18.2 Å². The van der Waals surface area contributed by atoms with Gasteiger partial charge in [0.05, 0.1) is 16.5 Å². The van der Waals surface area contributed by atoms with E-state index in [2.05, 4.69) is 17.5 Å². The first kappa shape index (κ1) is 16.4. The first-order chi connectivity index (χ1) is 12.0. The van der Waals surface area contributed by atoms with Crippen LogP contribution < -0.4 is 5.32 Å². The molecule has 4 rings (SSSR count). The third-order valence-electron chi connectivity index (χ3n) is 5.26. The second kappa shape index (κ2) is 6.04. The van der Waals surface area contributed by atoms with Gasteiger partial charge in [-0.3, -0.25) is 10.1 Å². The molecule has 1 heterocycles. The Labute approximate surface area is 155 Å². The van der Waals surface area contributed by atoms with Gasteiger partial charge in [0.1, 0.15) is 0 Å². The van der Waals surface area contributed by atoms with Crippen molar-refractivity contribution < 1.29 is 4.92 Å². The zero-order chi connectivity index (χ0) is 17.7. The van der Waals surface area contributed by atoms with Gasteiger partial charge in [0.15, 0.2) is 0 Å². The van der Waals surface area contributed by atoms with Crippen LogP contribution in [0.3, 0.4) is 0 Å². The molecule has 2 aliphatic rings. The maximum absolute atomic E-state index is 11.3. The molecule has 3 unspecified atom stereocenters. The van der Waals surface area contributed by atoms with Crippen LogP contribution in [0.4, 0.5) is 11.4 Å². The van der Waals surface area contributed by atoms with Crippen LogP contribution in [-0.2, 0) is 0 Å². The van der Waals surface area contributed by atoms with Gasteiger partial charge < -0.3 is 5.32 Å². The summed E-state index contributed by atoms with van der Waals surface area (Å²) < 4.78 is 0. The second-order valence-electron chi connectivity index (χ2n) is 6.57. The van der Waals surface area contributed by atoms with Crippen molar-refractivity contribution in [3.63, 3.8) is 0 Å². The quantitative estimate of drug-likeness (QED) is 0.396. The average molecular weight is 375 g/mol. The first-order valence-electron chi connectivity index (χ1n) is 8.13. The van der Waals surface area contributed by atoms with Crippen molar-refractivity contribution in [1.82, 2.24) is 0 Å². The van der Waals surface area contributed by atoms with Crippen LogP contribution in [0.1, 0.15) is 35.1 Å². The molecule has 0 fully saturated rings. The molecule has 0 bridgehead atoms. The average Bonchev–Trinajstić information content (AvgIpc) is 3.04. The van der Waals surface area contributed by atoms with Gasteiger partial charge in [-0.1, -0.05) is 41.4 Å². The topological polar surface area (TPSA) is 55.2 Å². The fraction of sp³-hybridized carbons (Fsp3) is 0.263. The molecular weight excluding hydrogens is 359 g/mol. The highest BCUT2D eigenvalue weighted by atomic mass is 35.5. The fourth-order valence-electron chi connectivity index (χ4n) is 4.06. The summed E-state index contributed by atoms with van der Waals surface area (Å²) in [6.07, 6.45) is 5.32. The van der Waals surface area contributed by atoms with Crippen molar-refractivity contribution in [2.24, 2.45) is 5.92 Å². The number of nitro benzene ring substituents is 1. The molecule has 2 aromatic rings. The van der Waals surface area contributed by atoms with Crippen molar-refractivity contribution in [2.45, 2.75) is 25.3 Å². The predicted molar refractivity (Wildman–Crippen MR) is 101 cm³/mol. The summed E-state index contributed by atoms with van der Waals surface area (Å²) >= 11 is 12.5. The summed E-state index contributed by atoms with van der Waals surface area (Å²) in [5.41, 5.74) is 3.73. The van der Waals surface area contributed by atoms with E-state index in [1.165, 1.54) is 0 Å². The molecule has 1 aliphatic carbocycles. The molecule has 0 saturated heterocycles. The molecule has 2 aromatic carbocycles. The number of hydrogen-bond donors (Lipinski definition) is 1.